The predicted octanol–water partition coefficient (Wildman–Crippen LogP) is 4.55. The van der Waals surface area contributed by atoms with Gasteiger partial charge in [0.1, 0.15) is 0 Å². The third kappa shape index (κ3) is 3.32. The average molecular weight is 348 g/mol. The number of rotatable bonds is 3. The highest BCUT2D eigenvalue weighted by molar-refractivity contribution is 7.08. The summed E-state index contributed by atoms with van der Waals surface area (Å²) in [6.07, 6.45) is 1.18. The smallest absolute Gasteiger partial charge is 0.255 e. The fraction of sp³-hybridized carbons (Fsp3) is 0.100. The number of amides is 2. The minimum Gasteiger partial charge on any atom is -0.326 e. The molecule has 4 nitrogen and oxygen atoms in total. The van der Waals surface area contributed by atoms with Crippen molar-refractivity contribution in [1.82, 2.24) is 0 Å². The van der Waals surface area contributed by atoms with E-state index in [-0.39, 0.29) is 11.8 Å². The van der Waals surface area contributed by atoms with E-state index in [0.29, 0.717) is 18.4 Å². The number of benzene rings is 2. The summed E-state index contributed by atoms with van der Waals surface area (Å²) in [7, 11) is 0. The van der Waals surface area contributed by atoms with Gasteiger partial charge in [-0.05, 0) is 70.3 Å². The fourth-order valence-corrected chi connectivity index (χ4v) is 3.57. The van der Waals surface area contributed by atoms with E-state index in [2.05, 4.69) is 22.1 Å². The SMILES string of the molecule is O=C1CCc2cc(NC(=O)c3ccc(-c4ccsc4)cc3)ccc2N1. The lowest BCUT2D eigenvalue weighted by Gasteiger charge is -2.17. The summed E-state index contributed by atoms with van der Waals surface area (Å²) in [6, 6.07) is 15.2. The molecule has 0 atom stereocenters. The van der Waals surface area contributed by atoms with E-state index in [1.165, 1.54) is 0 Å². The molecule has 0 radical (unpaired) electrons. The van der Waals surface area contributed by atoms with Crippen molar-refractivity contribution in [3.63, 3.8) is 0 Å². The fourth-order valence-electron chi connectivity index (χ4n) is 2.91. The molecule has 25 heavy (non-hydrogen) atoms. The Labute approximate surface area is 149 Å². The van der Waals surface area contributed by atoms with Gasteiger partial charge >= 0.3 is 0 Å². The van der Waals surface area contributed by atoms with Gasteiger partial charge in [0, 0.05) is 23.4 Å². The molecule has 1 aliphatic rings. The Bertz CT molecular complexity index is 931. The van der Waals surface area contributed by atoms with E-state index in [1.807, 2.05) is 47.8 Å². The molecule has 0 aliphatic carbocycles. The summed E-state index contributed by atoms with van der Waals surface area (Å²) >= 11 is 1.65. The van der Waals surface area contributed by atoms with Crippen LogP contribution in [0.4, 0.5) is 11.4 Å². The van der Waals surface area contributed by atoms with Crippen molar-refractivity contribution in [2.24, 2.45) is 0 Å². The zero-order chi connectivity index (χ0) is 17.2. The molecule has 124 valence electrons. The van der Waals surface area contributed by atoms with Crippen molar-refractivity contribution in [2.75, 3.05) is 10.6 Å². The Balaban J connectivity index is 1.49. The third-order valence-corrected chi connectivity index (χ3v) is 4.94. The molecule has 2 amide bonds. The highest BCUT2D eigenvalue weighted by Crippen LogP contribution is 2.26. The van der Waals surface area contributed by atoms with E-state index in [4.69, 9.17) is 0 Å². The van der Waals surface area contributed by atoms with Crippen LogP contribution in [0.3, 0.4) is 0 Å². The zero-order valence-electron chi connectivity index (χ0n) is 13.4. The topological polar surface area (TPSA) is 58.2 Å². The molecule has 0 fully saturated rings. The lowest BCUT2D eigenvalue weighted by atomic mass is 10.0. The molecule has 0 unspecified atom stereocenters. The molecule has 0 spiro atoms. The maximum atomic E-state index is 12.5. The average Bonchev–Trinajstić information content (AvgIpc) is 3.17. The number of fused-ring (bicyclic) bond motifs is 1. The first-order valence-electron chi connectivity index (χ1n) is 8.06. The molecule has 4 rings (SSSR count). The highest BCUT2D eigenvalue weighted by Gasteiger charge is 2.15. The third-order valence-electron chi connectivity index (χ3n) is 4.26. The van der Waals surface area contributed by atoms with Gasteiger partial charge in [-0.3, -0.25) is 9.59 Å². The molecule has 1 aliphatic heterocycles. The number of thiophene rings is 1. The van der Waals surface area contributed by atoms with Crippen molar-refractivity contribution in [3.8, 4) is 11.1 Å². The van der Waals surface area contributed by atoms with Crippen LogP contribution in [-0.2, 0) is 11.2 Å². The zero-order valence-corrected chi connectivity index (χ0v) is 14.2. The van der Waals surface area contributed by atoms with Crippen molar-refractivity contribution in [2.45, 2.75) is 12.8 Å². The van der Waals surface area contributed by atoms with Crippen LogP contribution in [0, 0.1) is 0 Å². The Morgan fingerprint density at radius 3 is 2.60 bits per heavy atom. The predicted molar refractivity (Wildman–Crippen MR) is 101 cm³/mol. The van der Waals surface area contributed by atoms with Crippen molar-refractivity contribution in [1.29, 1.82) is 0 Å². The summed E-state index contributed by atoms with van der Waals surface area (Å²) in [6.45, 7) is 0. The lowest BCUT2D eigenvalue weighted by Crippen LogP contribution is -2.19. The first-order chi connectivity index (χ1) is 12.2. The Kier molecular flexibility index (Phi) is 4.07. The van der Waals surface area contributed by atoms with Crippen molar-refractivity contribution in [3.05, 3.63) is 70.4 Å². The minimum absolute atomic E-state index is 0.0370. The van der Waals surface area contributed by atoms with Gasteiger partial charge in [0.15, 0.2) is 0 Å². The van der Waals surface area contributed by atoms with Crippen LogP contribution in [0.2, 0.25) is 0 Å². The van der Waals surface area contributed by atoms with Gasteiger partial charge in [-0.1, -0.05) is 12.1 Å². The largest absolute Gasteiger partial charge is 0.326 e. The second-order valence-corrected chi connectivity index (χ2v) is 6.74. The first kappa shape index (κ1) is 15.6. The summed E-state index contributed by atoms with van der Waals surface area (Å²) < 4.78 is 0. The normalized spacial score (nSPS) is 13.0. The van der Waals surface area contributed by atoms with Gasteiger partial charge in [0.25, 0.3) is 5.91 Å². The Hall–Kier alpha value is -2.92. The van der Waals surface area contributed by atoms with Gasteiger partial charge in [0.2, 0.25) is 5.91 Å². The van der Waals surface area contributed by atoms with Gasteiger partial charge in [0.05, 0.1) is 0 Å². The molecular weight excluding hydrogens is 332 g/mol. The number of hydrogen-bond donors (Lipinski definition) is 2. The monoisotopic (exact) mass is 348 g/mol. The molecule has 2 N–H and O–H groups in total. The second-order valence-electron chi connectivity index (χ2n) is 5.96. The van der Waals surface area contributed by atoms with Gasteiger partial charge in [-0.2, -0.15) is 11.3 Å². The first-order valence-corrected chi connectivity index (χ1v) is 9.00. The summed E-state index contributed by atoms with van der Waals surface area (Å²) in [5.41, 5.74) is 5.49. The van der Waals surface area contributed by atoms with Crippen LogP contribution < -0.4 is 10.6 Å². The minimum atomic E-state index is -0.142. The summed E-state index contributed by atoms with van der Waals surface area (Å²) in [4.78, 5) is 23.9. The maximum absolute atomic E-state index is 12.5. The maximum Gasteiger partial charge on any atom is 0.255 e. The van der Waals surface area contributed by atoms with Crippen LogP contribution in [0.25, 0.3) is 11.1 Å². The quantitative estimate of drug-likeness (QED) is 0.729. The number of anilines is 2. The van der Waals surface area contributed by atoms with Crippen LogP contribution in [0.5, 0.6) is 0 Å². The van der Waals surface area contributed by atoms with Gasteiger partial charge in [-0.15, -0.1) is 0 Å². The standard InChI is InChI=1S/C20H16N2O2S/c23-19-8-5-15-11-17(6-7-18(15)22-19)21-20(24)14-3-1-13(2-4-14)16-9-10-25-12-16/h1-4,6-7,9-12H,5,8H2,(H,21,24)(H,22,23). The van der Waals surface area contributed by atoms with Crippen LogP contribution in [-0.4, -0.2) is 11.8 Å². The second kappa shape index (κ2) is 6.53. The lowest BCUT2D eigenvalue weighted by molar-refractivity contribution is -0.116. The molecule has 0 saturated heterocycles. The van der Waals surface area contributed by atoms with E-state index in [9.17, 15) is 9.59 Å². The summed E-state index contributed by atoms with van der Waals surface area (Å²) in [5, 5.41) is 9.89. The molecule has 5 heteroatoms. The van der Waals surface area contributed by atoms with Crippen molar-refractivity contribution < 1.29 is 9.59 Å². The molecule has 0 saturated carbocycles. The number of hydrogen-bond acceptors (Lipinski definition) is 3. The van der Waals surface area contributed by atoms with E-state index >= 15 is 0 Å². The van der Waals surface area contributed by atoms with Crippen LogP contribution >= 0.6 is 11.3 Å². The number of carbonyl (C=O) groups is 2. The van der Waals surface area contributed by atoms with Crippen molar-refractivity contribution >= 4 is 34.5 Å². The number of aryl methyl sites for hydroxylation is 1. The molecule has 2 heterocycles. The van der Waals surface area contributed by atoms with E-state index in [0.717, 1.165) is 28.1 Å². The van der Waals surface area contributed by atoms with E-state index < -0.39 is 0 Å². The van der Waals surface area contributed by atoms with Crippen LogP contribution in [0.1, 0.15) is 22.3 Å². The van der Waals surface area contributed by atoms with Crippen LogP contribution in [0.15, 0.2) is 59.3 Å². The summed E-state index contributed by atoms with van der Waals surface area (Å²) in [5.74, 6) is -0.105. The molecule has 0 bridgehead atoms. The number of nitrogens with one attached hydrogen (secondary N) is 2. The molecular formula is C20H16N2O2S. The highest BCUT2D eigenvalue weighted by atomic mass is 32.1. The molecule has 3 aromatic rings. The Morgan fingerprint density at radius 1 is 1.00 bits per heavy atom. The molecule has 2 aromatic carbocycles. The van der Waals surface area contributed by atoms with E-state index in [1.54, 1.807) is 11.3 Å². The van der Waals surface area contributed by atoms with Gasteiger partial charge in [-0.25, -0.2) is 0 Å². The van der Waals surface area contributed by atoms with Gasteiger partial charge < -0.3 is 10.6 Å². The number of carbonyl (C=O) groups excluding carboxylic acids is 2. The molecule has 1 aromatic heterocycles. The Morgan fingerprint density at radius 2 is 1.84 bits per heavy atom.